The molecule has 1 aliphatic heterocycles. The van der Waals surface area contributed by atoms with Gasteiger partial charge in [-0.25, -0.2) is 9.59 Å². The third kappa shape index (κ3) is 6.89. The van der Waals surface area contributed by atoms with Crippen molar-refractivity contribution < 1.29 is 24.0 Å². The second kappa shape index (κ2) is 10.3. The lowest BCUT2D eigenvalue weighted by Gasteiger charge is -2.36. The summed E-state index contributed by atoms with van der Waals surface area (Å²) in [6.07, 6.45) is 8.22. The number of carbonyl (C=O) groups excluding carboxylic acids is 2. The Bertz CT molecular complexity index is 750. The molecule has 1 amide bonds. The molecule has 2 aliphatic rings. The van der Waals surface area contributed by atoms with Gasteiger partial charge in [-0.3, -0.25) is 10.1 Å². The highest BCUT2D eigenvalue weighted by molar-refractivity contribution is 5.92. The Morgan fingerprint density at radius 3 is 2.73 bits per heavy atom. The Morgan fingerprint density at radius 1 is 1.37 bits per heavy atom. The fourth-order valence-electron chi connectivity index (χ4n) is 3.59. The largest absolute Gasteiger partial charge is 0.465 e. The van der Waals surface area contributed by atoms with Gasteiger partial charge in [0.2, 0.25) is 0 Å². The zero-order valence-electron chi connectivity index (χ0n) is 18.1. The summed E-state index contributed by atoms with van der Waals surface area (Å²) >= 11 is 0. The molecule has 30 heavy (non-hydrogen) atoms. The van der Waals surface area contributed by atoms with Gasteiger partial charge in [0.05, 0.1) is 18.4 Å². The Kier molecular flexibility index (Phi) is 8.02. The minimum Gasteiger partial charge on any atom is -0.465 e. The summed E-state index contributed by atoms with van der Waals surface area (Å²) in [4.78, 5) is 37.0. The summed E-state index contributed by atoms with van der Waals surface area (Å²) in [7, 11) is 1.28. The first-order valence-corrected chi connectivity index (χ1v) is 10.1. The maximum atomic E-state index is 12.0. The van der Waals surface area contributed by atoms with Gasteiger partial charge in [-0.1, -0.05) is 6.08 Å². The Morgan fingerprint density at radius 2 is 2.10 bits per heavy atom. The van der Waals surface area contributed by atoms with Crippen molar-refractivity contribution in [3.8, 4) is 0 Å². The zero-order valence-corrected chi connectivity index (χ0v) is 18.1. The first-order valence-electron chi connectivity index (χ1n) is 10.1. The molecule has 0 bridgehead atoms. The monoisotopic (exact) mass is 421 g/mol. The molecule has 2 atom stereocenters. The lowest BCUT2D eigenvalue weighted by Crippen LogP contribution is -2.41. The molecule has 0 aromatic carbocycles. The van der Waals surface area contributed by atoms with Crippen LogP contribution in [0.2, 0.25) is 0 Å². The first-order chi connectivity index (χ1) is 14.1. The summed E-state index contributed by atoms with van der Waals surface area (Å²) in [5.74, 6) is -0.268. The molecule has 0 spiro atoms. The number of nitrogens with zero attached hydrogens (tertiary/aromatic N) is 2. The van der Waals surface area contributed by atoms with E-state index in [-0.39, 0.29) is 16.4 Å². The van der Waals surface area contributed by atoms with E-state index in [1.807, 2.05) is 25.7 Å². The Hall–Kier alpha value is -2.84. The van der Waals surface area contributed by atoms with Crippen molar-refractivity contribution in [1.82, 2.24) is 10.2 Å². The molecular weight excluding hydrogens is 390 g/mol. The number of hydrogen-bond donors (Lipinski definition) is 1. The fourth-order valence-corrected chi connectivity index (χ4v) is 3.59. The van der Waals surface area contributed by atoms with Gasteiger partial charge in [0.1, 0.15) is 5.60 Å². The third-order valence-corrected chi connectivity index (χ3v) is 4.93. The van der Waals surface area contributed by atoms with Crippen LogP contribution < -0.4 is 5.32 Å². The van der Waals surface area contributed by atoms with E-state index in [4.69, 9.17) is 9.47 Å². The summed E-state index contributed by atoms with van der Waals surface area (Å²) < 4.78 is 10.0. The lowest BCUT2D eigenvalue weighted by molar-refractivity contribution is -0.501. The van der Waals surface area contributed by atoms with Gasteiger partial charge in [0.15, 0.2) is 0 Å². The topological polar surface area (TPSA) is 111 Å². The van der Waals surface area contributed by atoms with Crippen molar-refractivity contribution in [3.63, 3.8) is 0 Å². The van der Waals surface area contributed by atoms with Crippen LogP contribution in [0, 0.1) is 16.0 Å². The number of esters is 1. The van der Waals surface area contributed by atoms with Crippen LogP contribution in [-0.4, -0.2) is 60.3 Å². The normalized spacial score (nSPS) is 21.8. The summed E-state index contributed by atoms with van der Waals surface area (Å²) in [6, 6.07) is -1.03. The highest BCUT2D eigenvalue weighted by Gasteiger charge is 2.32. The van der Waals surface area contributed by atoms with Crippen LogP contribution in [0.4, 0.5) is 4.79 Å². The highest BCUT2D eigenvalue weighted by Crippen LogP contribution is 2.27. The van der Waals surface area contributed by atoms with Crippen molar-refractivity contribution in [2.24, 2.45) is 5.92 Å². The zero-order chi connectivity index (χ0) is 22.3. The summed E-state index contributed by atoms with van der Waals surface area (Å²) in [5.41, 5.74) is 0.213. The van der Waals surface area contributed by atoms with Gasteiger partial charge in [-0.2, -0.15) is 0 Å². The Balaban J connectivity index is 2.04. The number of carbonyl (C=O) groups is 2. The molecule has 9 nitrogen and oxygen atoms in total. The average Bonchev–Trinajstić information content (AvgIpc) is 2.89. The van der Waals surface area contributed by atoms with Crippen molar-refractivity contribution >= 4 is 12.1 Å². The number of alkyl carbamates (subject to hydrolysis) is 1. The lowest BCUT2D eigenvalue weighted by atomic mass is 9.93. The molecule has 9 heteroatoms. The van der Waals surface area contributed by atoms with Gasteiger partial charge in [0, 0.05) is 24.6 Å². The average molecular weight is 421 g/mol. The molecule has 0 aromatic heterocycles. The predicted molar refractivity (Wildman–Crippen MR) is 111 cm³/mol. The third-order valence-electron chi connectivity index (χ3n) is 4.93. The second-order valence-corrected chi connectivity index (χ2v) is 8.47. The fraction of sp³-hybridized carbons (Fsp3) is 0.619. The number of likely N-dealkylation sites (tertiary alicyclic amines) is 1. The highest BCUT2D eigenvalue weighted by atomic mass is 16.6. The number of nitro groups is 1. The van der Waals surface area contributed by atoms with E-state index in [2.05, 4.69) is 5.32 Å². The van der Waals surface area contributed by atoms with Crippen LogP contribution in [-0.2, 0) is 14.3 Å². The minimum absolute atomic E-state index is 0.264. The molecule has 1 heterocycles. The van der Waals surface area contributed by atoms with Crippen LogP contribution >= 0.6 is 0 Å². The van der Waals surface area contributed by atoms with E-state index in [1.165, 1.54) is 25.3 Å². The van der Waals surface area contributed by atoms with E-state index in [1.54, 1.807) is 6.08 Å². The van der Waals surface area contributed by atoms with Gasteiger partial charge in [0.25, 0.3) is 6.04 Å². The number of hydrogen-bond acceptors (Lipinski definition) is 7. The molecule has 166 valence electrons. The van der Waals surface area contributed by atoms with Crippen LogP contribution in [0.5, 0.6) is 0 Å². The molecule has 2 unspecified atom stereocenters. The number of allylic oxidation sites excluding steroid dienone is 2. The minimum atomic E-state index is -1.03. The van der Waals surface area contributed by atoms with E-state index < -0.39 is 23.7 Å². The van der Waals surface area contributed by atoms with Crippen LogP contribution in [0.1, 0.15) is 40.0 Å². The maximum absolute atomic E-state index is 12.0. The standard InChI is InChI=1S/C21H31N3O6/c1-21(2,3)30-20(26)22-11-10-15-7-6-12-23(14-15)18-13-16(19(25)29-4)8-5-9-17(18)24(27)28/h5,8-9,13,15,17H,6-7,10-12,14H2,1-4H3,(H,22,26). The van der Waals surface area contributed by atoms with Crippen LogP contribution in [0.25, 0.3) is 0 Å². The number of methoxy groups -OCH3 is 1. The number of ether oxygens (including phenoxy) is 2. The summed E-state index contributed by atoms with van der Waals surface area (Å²) in [6.45, 7) is 7.19. The molecule has 1 aliphatic carbocycles. The van der Waals surface area contributed by atoms with Gasteiger partial charge in [-0.05, 0) is 64.2 Å². The van der Waals surface area contributed by atoms with Crippen LogP contribution in [0.3, 0.4) is 0 Å². The first kappa shape index (κ1) is 23.4. The van der Waals surface area contributed by atoms with Crippen molar-refractivity contribution in [3.05, 3.63) is 45.7 Å². The molecule has 1 fully saturated rings. The predicted octanol–water partition coefficient (Wildman–Crippen LogP) is 2.81. The van der Waals surface area contributed by atoms with E-state index in [0.717, 1.165) is 19.3 Å². The number of nitrogens with one attached hydrogen (secondary N) is 1. The molecule has 0 radical (unpaired) electrons. The van der Waals surface area contributed by atoms with Crippen molar-refractivity contribution in [2.75, 3.05) is 26.7 Å². The number of rotatable bonds is 6. The molecule has 1 N–H and O–H groups in total. The molecule has 1 saturated heterocycles. The van der Waals surface area contributed by atoms with Crippen molar-refractivity contribution in [1.29, 1.82) is 0 Å². The molecular formula is C21H31N3O6. The molecule has 0 aromatic rings. The van der Waals surface area contributed by atoms with E-state index in [0.29, 0.717) is 25.3 Å². The van der Waals surface area contributed by atoms with Gasteiger partial charge < -0.3 is 19.7 Å². The number of piperidine rings is 1. The van der Waals surface area contributed by atoms with E-state index in [9.17, 15) is 19.7 Å². The van der Waals surface area contributed by atoms with E-state index >= 15 is 0 Å². The smallest absolute Gasteiger partial charge is 0.407 e. The summed E-state index contributed by atoms with van der Waals surface area (Å²) in [5, 5.41) is 14.4. The SMILES string of the molecule is COC(=O)C1=CC=CC([N+](=O)[O-])C(N2CCCC(CCNC(=O)OC(C)(C)C)C2)=C1. The van der Waals surface area contributed by atoms with Crippen LogP contribution in [0.15, 0.2) is 35.6 Å². The van der Waals surface area contributed by atoms with Gasteiger partial charge in [-0.15, -0.1) is 0 Å². The van der Waals surface area contributed by atoms with Crippen molar-refractivity contribution in [2.45, 2.75) is 51.7 Å². The number of amides is 1. The van der Waals surface area contributed by atoms with Gasteiger partial charge >= 0.3 is 12.1 Å². The molecule has 2 rings (SSSR count). The Labute approximate surface area is 176 Å². The molecule has 0 saturated carbocycles. The second-order valence-electron chi connectivity index (χ2n) is 8.47. The maximum Gasteiger partial charge on any atom is 0.407 e. The quantitative estimate of drug-likeness (QED) is 0.399.